The Kier molecular flexibility index (Phi) is 3.42. The second-order valence-electron chi connectivity index (χ2n) is 4.32. The van der Waals surface area contributed by atoms with Gasteiger partial charge in [0.2, 0.25) is 0 Å². The van der Waals surface area contributed by atoms with Gasteiger partial charge in [0.15, 0.2) is 0 Å². The highest BCUT2D eigenvalue weighted by molar-refractivity contribution is 6.09. The van der Waals surface area contributed by atoms with Gasteiger partial charge in [-0.1, -0.05) is 24.3 Å². The van der Waals surface area contributed by atoms with Gasteiger partial charge in [0.05, 0.1) is 0 Å². The molecule has 0 aromatic heterocycles. The van der Waals surface area contributed by atoms with E-state index in [1.807, 2.05) is 31.2 Å². The van der Waals surface area contributed by atoms with Gasteiger partial charge in [-0.2, -0.15) is 0 Å². The van der Waals surface area contributed by atoms with Crippen LogP contribution in [0.25, 0.3) is 0 Å². The van der Waals surface area contributed by atoms with Crippen molar-refractivity contribution in [3.63, 3.8) is 0 Å². The minimum absolute atomic E-state index is 0.0896. The van der Waals surface area contributed by atoms with Crippen LogP contribution in [-0.2, 0) is 0 Å². The molecular formula is C15H15NO3. The number of hydrogen-bond acceptors (Lipinski definition) is 3. The van der Waals surface area contributed by atoms with Crippen molar-refractivity contribution in [2.75, 3.05) is 11.9 Å². The zero-order valence-electron chi connectivity index (χ0n) is 10.8. The number of phenolic OH excluding ortho intramolecular Hbond substituents is 2. The summed E-state index contributed by atoms with van der Waals surface area (Å²) in [6.45, 7) is 1.89. The average Bonchev–Trinajstić information content (AvgIpc) is 2.38. The van der Waals surface area contributed by atoms with Crippen molar-refractivity contribution >= 4 is 11.6 Å². The molecule has 2 rings (SSSR count). The van der Waals surface area contributed by atoms with Gasteiger partial charge in [-0.3, -0.25) is 4.79 Å². The molecule has 1 amide bonds. The number of carbonyl (C=O) groups is 1. The maximum atomic E-state index is 12.3. The van der Waals surface area contributed by atoms with Gasteiger partial charge >= 0.3 is 0 Å². The zero-order chi connectivity index (χ0) is 14.0. The van der Waals surface area contributed by atoms with Crippen LogP contribution in [0.2, 0.25) is 0 Å². The van der Waals surface area contributed by atoms with Gasteiger partial charge in [0.25, 0.3) is 5.91 Å². The van der Waals surface area contributed by atoms with E-state index in [2.05, 4.69) is 0 Å². The Morgan fingerprint density at radius 2 is 1.58 bits per heavy atom. The minimum atomic E-state index is -0.454. The van der Waals surface area contributed by atoms with Crippen molar-refractivity contribution < 1.29 is 15.0 Å². The Labute approximate surface area is 111 Å². The Morgan fingerprint density at radius 1 is 1.00 bits per heavy atom. The molecule has 0 unspecified atom stereocenters. The molecule has 0 heterocycles. The van der Waals surface area contributed by atoms with Gasteiger partial charge in [0, 0.05) is 12.7 Å². The summed E-state index contributed by atoms with van der Waals surface area (Å²) in [7, 11) is 1.61. The van der Waals surface area contributed by atoms with Crippen molar-refractivity contribution in [1.29, 1.82) is 0 Å². The van der Waals surface area contributed by atoms with Gasteiger partial charge in [-0.15, -0.1) is 0 Å². The fourth-order valence-corrected chi connectivity index (χ4v) is 1.96. The van der Waals surface area contributed by atoms with Crippen LogP contribution in [0.1, 0.15) is 15.9 Å². The van der Waals surface area contributed by atoms with Crippen LogP contribution < -0.4 is 4.90 Å². The number of carbonyl (C=O) groups excluding carboxylic acids is 1. The van der Waals surface area contributed by atoms with E-state index in [1.54, 1.807) is 7.05 Å². The van der Waals surface area contributed by atoms with Gasteiger partial charge < -0.3 is 15.1 Å². The molecule has 4 heteroatoms. The monoisotopic (exact) mass is 257 g/mol. The number of anilines is 1. The second-order valence-corrected chi connectivity index (χ2v) is 4.32. The molecule has 0 saturated carbocycles. The Morgan fingerprint density at radius 3 is 2.16 bits per heavy atom. The van der Waals surface area contributed by atoms with Crippen molar-refractivity contribution in [1.82, 2.24) is 0 Å². The van der Waals surface area contributed by atoms with Crippen LogP contribution in [0.3, 0.4) is 0 Å². The summed E-state index contributed by atoms with van der Waals surface area (Å²) in [4.78, 5) is 13.8. The summed E-state index contributed by atoms with van der Waals surface area (Å²) in [5.41, 5.74) is 1.58. The lowest BCUT2D eigenvalue weighted by Crippen LogP contribution is -2.27. The van der Waals surface area contributed by atoms with Crippen LogP contribution in [0.5, 0.6) is 11.5 Å². The lowest BCUT2D eigenvalue weighted by Gasteiger charge is -2.20. The van der Waals surface area contributed by atoms with E-state index in [4.69, 9.17) is 0 Å². The first-order chi connectivity index (χ1) is 9.02. The van der Waals surface area contributed by atoms with Gasteiger partial charge in [0.1, 0.15) is 17.1 Å². The molecule has 0 fully saturated rings. The maximum absolute atomic E-state index is 12.3. The lowest BCUT2D eigenvalue weighted by molar-refractivity contribution is 0.0987. The van der Waals surface area contributed by atoms with Crippen molar-refractivity contribution in [3.05, 3.63) is 53.6 Å². The zero-order valence-corrected chi connectivity index (χ0v) is 10.8. The highest BCUT2D eigenvalue weighted by Gasteiger charge is 2.21. The minimum Gasteiger partial charge on any atom is -0.507 e. The highest BCUT2D eigenvalue weighted by Crippen LogP contribution is 2.29. The molecule has 0 spiro atoms. The summed E-state index contributed by atoms with van der Waals surface area (Å²) >= 11 is 0. The van der Waals surface area contributed by atoms with E-state index in [9.17, 15) is 15.0 Å². The average molecular weight is 257 g/mol. The SMILES string of the molecule is Cc1ccccc1N(C)C(=O)c1c(O)cccc1O. The van der Waals surface area contributed by atoms with E-state index in [0.29, 0.717) is 0 Å². The maximum Gasteiger partial charge on any atom is 0.265 e. The molecule has 0 atom stereocenters. The van der Waals surface area contributed by atoms with Crippen molar-refractivity contribution in [2.24, 2.45) is 0 Å². The molecule has 0 aliphatic rings. The molecule has 0 bridgehead atoms. The standard InChI is InChI=1S/C15H15NO3/c1-10-6-3-4-7-11(10)16(2)15(19)14-12(17)8-5-9-13(14)18/h3-9,17-18H,1-2H3. The highest BCUT2D eigenvalue weighted by atomic mass is 16.3. The first kappa shape index (κ1) is 13.0. The number of phenols is 2. The smallest absolute Gasteiger partial charge is 0.265 e. The normalized spacial score (nSPS) is 10.2. The molecule has 98 valence electrons. The molecule has 2 aromatic carbocycles. The second kappa shape index (κ2) is 5.02. The van der Waals surface area contributed by atoms with Crippen LogP contribution in [0.15, 0.2) is 42.5 Å². The molecule has 2 N–H and O–H groups in total. The van der Waals surface area contributed by atoms with E-state index in [0.717, 1.165) is 11.3 Å². The molecule has 0 radical (unpaired) electrons. The number of amides is 1. The Hall–Kier alpha value is -2.49. The Bertz CT molecular complexity index is 602. The summed E-state index contributed by atoms with van der Waals surface area (Å²) in [5, 5.41) is 19.4. The number of nitrogens with zero attached hydrogens (tertiary/aromatic N) is 1. The molecular weight excluding hydrogens is 242 g/mol. The third-order valence-corrected chi connectivity index (χ3v) is 3.02. The van der Waals surface area contributed by atoms with Crippen LogP contribution >= 0.6 is 0 Å². The molecule has 19 heavy (non-hydrogen) atoms. The Balaban J connectivity index is 2.43. The van der Waals surface area contributed by atoms with Crippen LogP contribution in [-0.4, -0.2) is 23.2 Å². The third kappa shape index (κ3) is 2.38. The van der Waals surface area contributed by atoms with Crippen molar-refractivity contribution in [2.45, 2.75) is 6.92 Å². The van der Waals surface area contributed by atoms with E-state index in [1.165, 1.54) is 23.1 Å². The van der Waals surface area contributed by atoms with Crippen molar-refractivity contribution in [3.8, 4) is 11.5 Å². The number of para-hydroxylation sites is 1. The fourth-order valence-electron chi connectivity index (χ4n) is 1.96. The third-order valence-electron chi connectivity index (χ3n) is 3.02. The number of aryl methyl sites for hydroxylation is 1. The summed E-state index contributed by atoms with van der Waals surface area (Å²) in [6.07, 6.45) is 0. The number of benzene rings is 2. The largest absolute Gasteiger partial charge is 0.507 e. The molecule has 0 saturated heterocycles. The fraction of sp³-hybridized carbons (Fsp3) is 0.133. The van der Waals surface area contributed by atoms with Gasteiger partial charge in [-0.25, -0.2) is 0 Å². The number of hydrogen-bond donors (Lipinski definition) is 2. The number of rotatable bonds is 2. The molecule has 0 aliphatic heterocycles. The van der Waals surface area contributed by atoms with Crippen LogP contribution in [0, 0.1) is 6.92 Å². The van der Waals surface area contributed by atoms with E-state index < -0.39 is 5.91 Å². The summed E-state index contributed by atoms with van der Waals surface area (Å²) in [6, 6.07) is 11.6. The molecule has 2 aromatic rings. The topological polar surface area (TPSA) is 60.8 Å². The summed E-state index contributed by atoms with van der Waals surface area (Å²) in [5.74, 6) is -0.916. The molecule has 4 nitrogen and oxygen atoms in total. The van der Waals surface area contributed by atoms with Crippen LogP contribution in [0.4, 0.5) is 5.69 Å². The predicted molar refractivity (Wildman–Crippen MR) is 73.7 cm³/mol. The van der Waals surface area contributed by atoms with E-state index >= 15 is 0 Å². The first-order valence-corrected chi connectivity index (χ1v) is 5.87. The van der Waals surface area contributed by atoms with E-state index in [-0.39, 0.29) is 17.1 Å². The lowest BCUT2D eigenvalue weighted by atomic mass is 10.1. The quantitative estimate of drug-likeness (QED) is 0.869. The predicted octanol–water partition coefficient (Wildman–Crippen LogP) is 2.68. The summed E-state index contributed by atoms with van der Waals surface area (Å²) < 4.78 is 0. The van der Waals surface area contributed by atoms with Gasteiger partial charge in [-0.05, 0) is 30.7 Å². The number of aromatic hydroxyl groups is 2. The first-order valence-electron chi connectivity index (χ1n) is 5.87. The molecule has 0 aliphatic carbocycles.